The average molecular weight is 615 g/mol. The Hall–Kier alpha value is -6.39. The Bertz CT molecular complexity index is 2810. The van der Waals surface area contributed by atoms with E-state index >= 15 is 0 Å². The third kappa shape index (κ3) is 4.06. The number of para-hydroxylation sites is 4. The van der Waals surface area contributed by atoms with Gasteiger partial charge in [0.05, 0.1) is 27.4 Å². The van der Waals surface area contributed by atoms with Crippen LogP contribution < -0.4 is 15.9 Å². The number of hydrogen-bond donors (Lipinski definition) is 1. The summed E-state index contributed by atoms with van der Waals surface area (Å²) < 4.78 is 4.75. The fourth-order valence-electron chi connectivity index (χ4n) is 7.54. The van der Waals surface area contributed by atoms with E-state index in [-0.39, 0.29) is 6.17 Å². The van der Waals surface area contributed by atoms with Crippen LogP contribution in [0, 0.1) is 0 Å². The Morgan fingerprint density at radius 1 is 0.438 bits per heavy atom. The van der Waals surface area contributed by atoms with Crippen molar-refractivity contribution in [1.82, 2.24) is 14.5 Å². The molecule has 0 saturated carbocycles. The van der Waals surface area contributed by atoms with E-state index in [9.17, 15) is 0 Å². The number of benzene rings is 7. The maximum absolute atomic E-state index is 5.11. The molecule has 1 atom stereocenters. The van der Waals surface area contributed by atoms with Gasteiger partial charge in [-0.05, 0) is 77.4 Å². The topological polar surface area (TPSA) is 34.2 Å². The van der Waals surface area contributed by atoms with Gasteiger partial charge in [0.25, 0.3) is 0 Å². The monoisotopic (exact) mass is 614 g/mol. The first-order valence-electron chi connectivity index (χ1n) is 16.4. The quantitative estimate of drug-likeness (QED) is 0.211. The zero-order chi connectivity index (χ0) is 31.6. The first-order valence-corrected chi connectivity index (χ1v) is 16.4. The predicted molar refractivity (Wildman–Crippen MR) is 198 cm³/mol. The molecular weight excluding hydrogens is 585 g/mol. The second-order valence-corrected chi connectivity index (χ2v) is 12.5. The van der Waals surface area contributed by atoms with Crippen LogP contribution in [-0.2, 0) is 0 Å². The molecule has 0 spiro atoms. The van der Waals surface area contributed by atoms with Crippen molar-refractivity contribution in [3.63, 3.8) is 0 Å². The van der Waals surface area contributed by atoms with E-state index < -0.39 is 0 Å². The summed E-state index contributed by atoms with van der Waals surface area (Å²) in [6.45, 7) is 0. The van der Waals surface area contributed by atoms with E-state index in [2.05, 4.69) is 184 Å². The van der Waals surface area contributed by atoms with Crippen LogP contribution in [0.4, 0.5) is 0 Å². The molecule has 0 bridgehead atoms. The van der Waals surface area contributed by atoms with Crippen molar-refractivity contribution in [2.45, 2.75) is 6.17 Å². The van der Waals surface area contributed by atoms with Gasteiger partial charge < -0.3 is 9.88 Å². The van der Waals surface area contributed by atoms with Crippen molar-refractivity contribution >= 4 is 49.4 Å². The molecule has 1 unspecified atom stereocenters. The number of hydrogen-bond acceptors (Lipinski definition) is 2. The highest BCUT2D eigenvalue weighted by Gasteiger charge is 2.21. The van der Waals surface area contributed by atoms with Gasteiger partial charge in [-0.1, -0.05) is 109 Å². The second kappa shape index (κ2) is 10.6. The van der Waals surface area contributed by atoms with Crippen LogP contribution in [0.15, 0.2) is 175 Å². The van der Waals surface area contributed by atoms with Crippen molar-refractivity contribution in [3.8, 4) is 16.8 Å². The molecule has 226 valence electrons. The Morgan fingerprint density at radius 2 is 0.958 bits per heavy atom. The molecule has 4 nitrogen and oxygen atoms in total. The lowest BCUT2D eigenvalue weighted by Gasteiger charge is -2.24. The molecule has 1 aliphatic rings. The molecule has 48 heavy (non-hydrogen) atoms. The molecule has 0 amide bonds. The van der Waals surface area contributed by atoms with Gasteiger partial charge in [0.1, 0.15) is 12.0 Å². The molecule has 10 rings (SSSR count). The summed E-state index contributed by atoms with van der Waals surface area (Å²) in [5.41, 5.74) is 9.45. The van der Waals surface area contributed by atoms with Crippen molar-refractivity contribution in [3.05, 3.63) is 186 Å². The van der Waals surface area contributed by atoms with Crippen LogP contribution in [0.3, 0.4) is 0 Å². The molecule has 1 aliphatic heterocycles. The van der Waals surface area contributed by atoms with Crippen molar-refractivity contribution in [2.24, 2.45) is 4.99 Å². The van der Waals surface area contributed by atoms with Crippen molar-refractivity contribution in [2.75, 3.05) is 0 Å². The van der Waals surface area contributed by atoms with Crippen molar-refractivity contribution < 1.29 is 0 Å². The molecule has 0 aliphatic carbocycles. The number of rotatable bonds is 4. The number of nitrogens with one attached hydrogen (secondary N) is 1. The van der Waals surface area contributed by atoms with Gasteiger partial charge in [-0.25, -0.2) is 0 Å². The Balaban J connectivity index is 1.17. The van der Waals surface area contributed by atoms with Gasteiger partial charge in [0, 0.05) is 32.5 Å². The molecule has 3 heterocycles. The predicted octanol–water partition coefficient (Wildman–Crippen LogP) is 9.09. The zero-order valence-corrected chi connectivity index (χ0v) is 26.1. The smallest absolute Gasteiger partial charge is 0.146 e. The third-order valence-corrected chi connectivity index (χ3v) is 9.73. The largest absolute Gasteiger partial charge is 0.345 e. The van der Waals surface area contributed by atoms with Crippen molar-refractivity contribution in [1.29, 1.82) is 0 Å². The van der Waals surface area contributed by atoms with Crippen LogP contribution in [0.25, 0.3) is 66.2 Å². The molecule has 4 heteroatoms. The number of aromatic nitrogens is 2. The summed E-state index contributed by atoms with van der Waals surface area (Å²) in [6.07, 6.45) is -0.184. The van der Waals surface area contributed by atoms with Gasteiger partial charge in [0.2, 0.25) is 0 Å². The van der Waals surface area contributed by atoms with Crippen LogP contribution in [0.2, 0.25) is 0 Å². The fraction of sp³-hybridized carbons (Fsp3) is 0.0227. The molecule has 7 aromatic carbocycles. The highest BCUT2D eigenvalue weighted by Crippen LogP contribution is 2.38. The number of fused-ring (bicyclic) bond motifs is 7. The zero-order valence-electron chi connectivity index (χ0n) is 26.1. The average Bonchev–Trinajstić information content (AvgIpc) is 3.67. The van der Waals surface area contributed by atoms with Gasteiger partial charge in [-0.3, -0.25) is 9.56 Å². The van der Waals surface area contributed by atoms with Crippen LogP contribution >= 0.6 is 0 Å². The summed E-state index contributed by atoms with van der Waals surface area (Å²) in [4.78, 5) is 5.11. The molecule has 1 N–H and O–H groups in total. The van der Waals surface area contributed by atoms with Crippen LogP contribution in [-0.4, -0.2) is 9.13 Å². The van der Waals surface area contributed by atoms with Gasteiger partial charge in [-0.15, -0.1) is 0 Å². The van der Waals surface area contributed by atoms with Gasteiger partial charge in [-0.2, -0.15) is 0 Å². The SMILES string of the molecule is c1ccc(C2N=c3ccccc3=C(n3c4ccccc4c4cc(-c5ccc6c(c5)c5ccccc5n6-c5ccccc5)ccc43)N2)cc1. The van der Waals surface area contributed by atoms with E-state index in [0.717, 1.165) is 33.0 Å². The molecule has 9 aromatic rings. The number of nitrogens with zero attached hydrogens (tertiary/aromatic N) is 3. The van der Waals surface area contributed by atoms with Gasteiger partial charge >= 0.3 is 0 Å². The van der Waals surface area contributed by atoms with E-state index in [1.165, 1.54) is 49.4 Å². The summed E-state index contributed by atoms with van der Waals surface area (Å²) in [5, 5.41) is 10.9. The van der Waals surface area contributed by atoms with E-state index in [1.54, 1.807) is 0 Å². The Labute approximate surface area is 277 Å². The van der Waals surface area contributed by atoms with Gasteiger partial charge in [0.15, 0.2) is 0 Å². The fourth-order valence-corrected chi connectivity index (χ4v) is 7.54. The highest BCUT2D eigenvalue weighted by atomic mass is 15.2. The summed E-state index contributed by atoms with van der Waals surface area (Å²) >= 11 is 0. The lowest BCUT2D eigenvalue weighted by atomic mass is 10.0. The highest BCUT2D eigenvalue weighted by molar-refractivity contribution is 6.13. The summed E-state index contributed by atoms with van der Waals surface area (Å²) in [7, 11) is 0. The minimum absolute atomic E-state index is 0.184. The molecular formula is C44H30N4. The van der Waals surface area contributed by atoms with Crippen LogP contribution in [0.1, 0.15) is 11.7 Å². The maximum atomic E-state index is 5.11. The normalized spacial score (nSPS) is 14.3. The van der Waals surface area contributed by atoms with E-state index in [1.807, 2.05) is 0 Å². The molecule has 2 aromatic heterocycles. The Kier molecular flexibility index (Phi) is 5.90. The standard InChI is InChI=1S/C44H30N4/c1-3-13-29(14-4-1)43-45-38-20-10-7-19-35(38)44(46-43)48-40-22-12-9-18-34(40)37-28-31(24-26-42(37)48)30-23-25-41-36(27-30)33-17-8-11-21-39(33)47(41)32-15-5-2-6-16-32/h1-28,43,46H. The first kappa shape index (κ1) is 26.8. The molecule has 0 saturated heterocycles. The summed E-state index contributed by atoms with van der Waals surface area (Å²) in [5.74, 6) is 1.04. The third-order valence-electron chi connectivity index (χ3n) is 9.73. The molecule has 0 radical (unpaired) electrons. The minimum atomic E-state index is -0.184. The lowest BCUT2D eigenvalue weighted by Crippen LogP contribution is -2.41. The summed E-state index contributed by atoms with van der Waals surface area (Å²) in [6, 6.07) is 60.8. The van der Waals surface area contributed by atoms with E-state index in [0.29, 0.717) is 0 Å². The van der Waals surface area contributed by atoms with Crippen LogP contribution in [0.5, 0.6) is 0 Å². The first-order chi connectivity index (χ1) is 23.8. The van der Waals surface area contributed by atoms with E-state index in [4.69, 9.17) is 4.99 Å². The Morgan fingerprint density at radius 3 is 1.65 bits per heavy atom. The minimum Gasteiger partial charge on any atom is -0.345 e. The lowest BCUT2D eigenvalue weighted by molar-refractivity contribution is 0.617. The maximum Gasteiger partial charge on any atom is 0.146 e. The molecule has 0 fully saturated rings. The second-order valence-electron chi connectivity index (χ2n) is 12.5.